The standard InChI is InChI=1S/C19H18ClN3O4/c1-11(24)26-19-16(27-15-9-4-3-8-14(15)25-2)17(21)22-18(23-19)12-6-5-7-13(20)10-12/h3-11,24H,1-2H3,(H2,21,22,23). The molecule has 0 aliphatic rings. The Kier molecular flexibility index (Phi) is 5.63. The van der Waals surface area contributed by atoms with Crippen molar-refractivity contribution in [2.75, 3.05) is 12.8 Å². The van der Waals surface area contributed by atoms with Crippen LogP contribution in [0, 0.1) is 0 Å². The average Bonchev–Trinajstić information content (AvgIpc) is 2.64. The number of hydrogen-bond acceptors (Lipinski definition) is 7. The Hall–Kier alpha value is -3.03. The molecule has 1 aromatic heterocycles. The average molecular weight is 388 g/mol. The monoisotopic (exact) mass is 387 g/mol. The molecule has 3 N–H and O–H groups in total. The van der Waals surface area contributed by atoms with Crippen molar-refractivity contribution in [1.82, 2.24) is 9.97 Å². The van der Waals surface area contributed by atoms with E-state index in [1.165, 1.54) is 14.0 Å². The number of aromatic nitrogens is 2. The van der Waals surface area contributed by atoms with Gasteiger partial charge in [0.15, 0.2) is 29.4 Å². The molecule has 3 rings (SSSR count). The Morgan fingerprint density at radius 2 is 1.81 bits per heavy atom. The third-order valence-corrected chi connectivity index (χ3v) is 3.74. The summed E-state index contributed by atoms with van der Waals surface area (Å²) < 4.78 is 16.5. The number of para-hydroxylation sites is 2. The number of benzene rings is 2. The Morgan fingerprint density at radius 1 is 1.07 bits per heavy atom. The highest BCUT2D eigenvalue weighted by molar-refractivity contribution is 6.30. The van der Waals surface area contributed by atoms with Gasteiger partial charge in [-0.1, -0.05) is 35.9 Å². The number of hydrogen-bond donors (Lipinski definition) is 2. The SMILES string of the molecule is COc1ccccc1Oc1c(N)nc(-c2cccc(Cl)c2)nc1OC(C)O. The zero-order valence-corrected chi connectivity index (χ0v) is 15.5. The van der Waals surface area contributed by atoms with Crippen LogP contribution < -0.4 is 19.9 Å². The molecule has 0 saturated carbocycles. The van der Waals surface area contributed by atoms with E-state index in [-0.39, 0.29) is 23.3 Å². The molecule has 0 fully saturated rings. The van der Waals surface area contributed by atoms with Crippen molar-refractivity contribution >= 4 is 17.4 Å². The minimum atomic E-state index is -1.13. The third kappa shape index (κ3) is 4.39. The lowest BCUT2D eigenvalue weighted by molar-refractivity contribution is -0.00520. The molecule has 7 nitrogen and oxygen atoms in total. The lowest BCUT2D eigenvalue weighted by atomic mass is 10.2. The van der Waals surface area contributed by atoms with E-state index in [1.807, 2.05) is 0 Å². The van der Waals surface area contributed by atoms with Gasteiger partial charge in [0, 0.05) is 10.6 Å². The molecule has 1 heterocycles. The van der Waals surface area contributed by atoms with Crippen LogP contribution in [0.4, 0.5) is 5.82 Å². The van der Waals surface area contributed by atoms with Crippen molar-refractivity contribution in [1.29, 1.82) is 0 Å². The van der Waals surface area contributed by atoms with E-state index in [0.29, 0.717) is 22.1 Å². The van der Waals surface area contributed by atoms with Crippen molar-refractivity contribution < 1.29 is 19.3 Å². The summed E-state index contributed by atoms with van der Waals surface area (Å²) in [7, 11) is 1.53. The smallest absolute Gasteiger partial charge is 0.266 e. The lowest BCUT2D eigenvalue weighted by Gasteiger charge is -2.16. The second-order valence-electron chi connectivity index (χ2n) is 5.55. The Labute approximate surface area is 161 Å². The number of nitrogens with two attached hydrogens (primary N) is 1. The fraction of sp³-hybridized carbons (Fsp3) is 0.158. The second kappa shape index (κ2) is 8.11. The van der Waals surface area contributed by atoms with Crippen LogP contribution in [0.1, 0.15) is 6.92 Å². The number of anilines is 1. The van der Waals surface area contributed by atoms with Gasteiger partial charge in [0.1, 0.15) is 0 Å². The number of rotatable bonds is 6. The van der Waals surface area contributed by atoms with Crippen LogP contribution in [-0.2, 0) is 0 Å². The molecule has 3 aromatic rings. The Bertz CT molecular complexity index is 950. The summed E-state index contributed by atoms with van der Waals surface area (Å²) in [5.74, 6) is 1.31. The molecule has 2 aromatic carbocycles. The summed E-state index contributed by atoms with van der Waals surface area (Å²) in [5, 5.41) is 10.2. The highest BCUT2D eigenvalue weighted by Gasteiger charge is 2.20. The molecule has 0 bridgehead atoms. The summed E-state index contributed by atoms with van der Waals surface area (Å²) in [6, 6.07) is 14.0. The van der Waals surface area contributed by atoms with E-state index < -0.39 is 6.29 Å². The summed E-state index contributed by atoms with van der Waals surface area (Å²) in [6.07, 6.45) is -1.13. The maximum Gasteiger partial charge on any atom is 0.266 e. The van der Waals surface area contributed by atoms with E-state index in [2.05, 4.69) is 9.97 Å². The van der Waals surface area contributed by atoms with Gasteiger partial charge in [0.25, 0.3) is 5.88 Å². The maximum absolute atomic E-state index is 9.67. The topological polar surface area (TPSA) is 99.7 Å². The third-order valence-electron chi connectivity index (χ3n) is 3.51. The van der Waals surface area contributed by atoms with Crippen molar-refractivity contribution in [2.45, 2.75) is 13.2 Å². The van der Waals surface area contributed by atoms with Crippen molar-refractivity contribution in [3.8, 4) is 34.5 Å². The molecule has 0 amide bonds. The van der Waals surface area contributed by atoms with E-state index in [1.54, 1.807) is 48.5 Å². The van der Waals surface area contributed by atoms with Crippen LogP contribution in [0.5, 0.6) is 23.1 Å². The van der Waals surface area contributed by atoms with Crippen molar-refractivity contribution in [3.63, 3.8) is 0 Å². The number of ether oxygens (including phenoxy) is 3. The normalized spacial score (nSPS) is 11.7. The molecular weight excluding hydrogens is 370 g/mol. The first-order chi connectivity index (χ1) is 13.0. The van der Waals surface area contributed by atoms with Gasteiger partial charge in [0.05, 0.1) is 7.11 Å². The minimum absolute atomic E-state index is 0.00150. The van der Waals surface area contributed by atoms with Crippen molar-refractivity contribution in [2.24, 2.45) is 0 Å². The quantitative estimate of drug-likeness (QED) is 0.618. The first kappa shape index (κ1) is 18.8. The van der Waals surface area contributed by atoms with Gasteiger partial charge in [-0.05, 0) is 31.2 Å². The summed E-state index contributed by atoms with van der Waals surface area (Å²) in [5.41, 5.74) is 6.75. The van der Waals surface area contributed by atoms with Crippen LogP contribution in [0.15, 0.2) is 48.5 Å². The van der Waals surface area contributed by atoms with Gasteiger partial charge < -0.3 is 25.1 Å². The molecule has 0 radical (unpaired) electrons. The minimum Gasteiger partial charge on any atom is -0.493 e. The van der Waals surface area contributed by atoms with Gasteiger partial charge in [-0.2, -0.15) is 4.98 Å². The molecule has 8 heteroatoms. The summed E-state index contributed by atoms with van der Waals surface area (Å²) in [4.78, 5) is 8.62. The lowest BCUT2D eigenvalue weighted by Crippen LogP contribution is -2.13. The Balaban J connectivity index is 2.07. The predicted octanol–water partition coefficient (Wildman–Crippen LogP) is 3.90. The van der Waals surface area contributed by atoms with Crippen molar-refractivity contribution in [3.05, 3.63) is 53.6 Å². The zero-order chi connectivity index (χ0) is 19.4. The first-order valence-corrected chi connectivity index (χ1v) is 8.44. The van der Waals surface area contributed by atoms with Gasteiger partial charge in [-0.3, -0.25) is 0 Å². The molecular formula is C19H18ClN3O4. The second-order valence-corrected chi connectivity index (χ2v) is 5.98. The van der Waals surface area contributed by atoms with Crippen LogP contribution >= 0.6 is 11.6 Å². The number of nitrogen functional groups attached to an aromatic ring is 1. The molecule has 1 unspecified atom stereocenters. The van der Waals surface area contributed by atoms with Gasteiger partial charge in [0.2, 0.25) is 5.75 Å². The summed E-state index contributed by atoms with van der Waals surface area (Å²) >= 11 is 6.03. The largest absolute Gasteiger partial charge is 0.493 e. The van der Waals surface area contributed by atoms with Crippen LogP contribution in [0.2, 0.25) is 5.02 Å². The van der Waals surface area contributed by atoms with E-state index in [9.17, 15) is 5.11 Å². The number of halogens is 1. The maximum atomic E-state index is 9.67. The van der Waals surface area contributed by atoms with E-state index in [0.717, 1.165) is 0 Å². The van der Waals surface area contributed by atoms with Crippen LogP contribution in [0.3, 0.4) is 0 Å². The number of nitrogens with zero attached hydrogens (tertiary/aromatic N) is 2. The number of aliphatic hydroxyl groups is 1. The summed E-state index contributed by atoms with van der Waals surface area (Å²) in [6.45, 7) is 1.45. The molecule has 0 saturated heterocycles. The Morgan fingerprint density at radius 3 is 2.48 bits per heavy atom. The van der Waals surface area contributed by atoms with Gasteiger partial charge in [-0.25, -0.2) is 4.98 Å². The molecule has 27 heavy (non-hydrogen) atoms. The predicted molar refractivity (Wildman–Crippen MR) is 102 cm³/mol. The fourth-order valence-corrected chi connectivity index (χ4v) is 2.54. The molecule has 0 spiro atoms. The first-order valence-electron chi connectivity index (χ1n) is 8.07. The molecule has 1 atom stereocenters. The zero-order valence-electron chi connectivity index (χ0n) is 14.7. The fourth-order valence-electron chi connectivity index (χ4n) is 2.35. The molecule has 140 valence electrons. The number of methoxy groups -OCH3 is 1. The van der Waals surface area contributed by atoms with E-state index >= 15 is 0 Å². The highest BCUT2D eigenvalue weighted by atomic mass is 35.5. The van der Waals surface area contributed by atoms with Crippen LogP contribution in [-0.4, -0.2) is 28.5 Å². The van der Waals surface area contributed by atoms with Gasteiger partial charge in [-0.15, -0.1) is 0 Å². The number of aliphatic hydroxyl groups excluding tert-OH is 1. The van der Waals surface area contributed by atoms with Gasteiger partial charge >= 0.3 is 0 Å². The molecule has 0 aliphatic heterocycles. The van der Waals surface area contributed by atoms with E-state index in [4.69, 9.17) is 31.5 Å². The highest BCUT2D eigenvalue weighted by Crippen LogP contribution is 2.40. The van der Waals surface area contributed by atoms with Crippen LogP contribution in [0.25, 0.3) is 11.4 Å². The molecule has 0 aliphatic carbocycles.